The van der Waals surface area contributed by atoms with Gasteiger partial charge in [-0.15, -0.1) is 0 Å². The summed E-state index contributed by atoms with van der Waals surface area (Å²) in [4.78, 5) is 0. The van der Waals surface area contributed by atoms with Crippen molar-refractivity contribution in [2.75, 3.05) is 5.32 Å². The third-order valence-electron chi connectivity index (χ3n) is 4.07. The molecule has 2 aromatic rings. The van der Waals surface area contributed by atoms with Gasteiger partial charge in [0.1, 0.15) is 5.75 Å². The zero-order valence-corrected chi connectivity index (χ0v) is 15.0. The van der Waals surface area contributed by atoms with E-state index in [0.717, 1.165) is 17.9 Å². The molecule has 2 rings (SSSR count). The summed E-state index contributed by atoms with van der Waals surface area (Å²) >= 11 is 5.38. The molecule has 0 radical (unpaired) electrons. The highest BCUT2D eigenvalue weighted by Crippen LogP contribution is 2.22. The molecule has 0 aliphatic rings. The van der Waals surface area contributed by atoms with Crippen molar-refractivity contribution < 1.29 is 4.74 Å². The smallest absolute Gasteiger partial charge is 0.266 e. The van der Waals surface area contributed by atoms with Crippen molar-refractivity contribution in [1.29, 1.82) is 0 Å². The van der Waals surface area contributed by atoms with Crippen LogP contribution in [-0.4, -0.2) is 5.17 Å². The van der Waals surface area contributed by atoms with Crippen molar-refractivity contribution in [3.05, 3.63) is 59.2 Å². The molecule has 0 aliphatic carbocycles. The van der Waals surface area contributed by atoms with E-state index in [0.29, 0.717) is 5.17 Å². The SMILES string of the molecule is CCCCCc1ccccc1OC(=S)Nc1cccc(C)c1C. The summed E-state index contributed by atoms with van der Waals surface area (Å²) < 4.78 is 5.90. The summed E-state index contributed by atoms with van der Waals surface area (Å²) in [6.07, 6.45) is 4.65. The molecule has 2 nitrogen and oxygen atoms in total. The number of hydrogen-bond acceptors (Lipinski definition) is 2. The van der Waals surface area contributed by atoms with Gasteiger partial charge in [0.05, 0.1) is 0 Å². The highest BCUT2D eigenvalue weighted by Gasteiger charge is 2.08. The number of anilines is 1. The van der Waals surface area contributed by atoms with E-state index in [1.807, 2.05) is 24.3 Å². The van der Waals surface area contributed by atoms with Crippen LogP contribution in [0.3, 0.4) is 0 Å². The minimum Gasteiger partial charge on any atom is -0.431 e. The third kappa shape index (κ3) is 5.07. The second-order valence-electron chi connectivity index (χ2n) is 5.83. The summed E-state index contributed by atoms with van der Waals surface area (Å²) in [6.45, 7) is 6.39. The Labute approximate surface area is 144 Å². The highest BCUT2D eigenvalue weighted by atomic mass is 32.1. The number of ether oxygens (including phenoxy) is 1. The summed E-state index contributed by atoms with van der Waals surface area (Å²) in [7, 11) is 0. The van der Waals surface area contributed by atoms with Crippen LogP contribution in [0.5, 0.6) is 5.75 Å². The predicted molar refractivity (Wildman–Crippen MR) is 102 cm³/mol. The molecule has 0 amide bonds. The third-order valence-corrected chi connectivity index (χ3v) is 4.25. The zero-order valence-electron chi connectivity index (χ0n) is 14.2. The molecule has 0 saturated carbocycles. The van der Waals surface area contributed by atoms with Crippen molar-refractivity contribution in [1.82, 2.24) is 0 Å². The monoisotopic (exact) mass is 327 g/mol. The lowest BCUT2D eigenvalue weighted by atomic mass is 10.1. The Morgan fingerprint density at radius 2 is 1.83 bits per heavy atom. The van der Waals surface area contributed by atoms with E-state index >= 15 is 0 Å². The number of nitrogens with one attached hydrogen (secondary N) is 1. The van der Waals surface area contributed by atoms with Crippen LogP contribution in [0.4, 0.5) is 5.69 Å². The Morgan fingerprint density at radius 1 is 1.04 bits per heavy atom. The Hall–Kier alpha value is -1.87. The number of unbranched alkanes of at least 4 members (excludes halogenated alkanes) is 2. The van der Waals surface area contributed by atoms with Crippen LogP contribution >= 0.6 is 12.2 Å². The molecule has 0 bridgehead atoms. The molecular weight excluding hydrogens is 302 g/mol. The Kier molecular flexibility index (Phi) is 6.60. The highest BCUT2D eigenvalue weighted by molar-refractivity contribution is 7.80. The maximum Gasteiger partial charge on any atom is 0.266 e. The van der Waals surface area contributed by atoms with Crippen LogP contribution in [0.15, 0.2) is 42.5 Å². The molecule has 23 heavy (non-hydrogen) atoms. The van der Waals surface area contributed by atoms with Crippen LogP contribution in [0, 0.1) is 13.8 Å². The zero-order chi connectivity index (χ0) is 16.7. The maximum absolute atomic E-state index is 5.90. The largest absolute Gasteiger partial charge is 0.431 e. The van der Waals surface area contributed by atoms with E-state index in [-0.39, 0.29) is 0 Å². The van der Waals surface area contributed by atoms with Crippen molar-refractivity contribution in [2.45, 2.75) is 46.5 Å². The fraction of sp³-hybridized carbons (Fsp3) is 0.350. The van der Waals surface area contributed by atoms with Gasteiger partial charge in [-0.2, -0.15) is 0 Å². The molecule has 0 fully saturated rings. The van der Waals surface area contributed by atoms with E-state index in [2.05, 4.69) is 44.3 Å². The first-order valence-corrected chi connectivity index (χ1v) is 8.65. The summed E-state index contributed by atoms with van der Waals surface area (Å²) in [5.41, 5.74) is 4.64. The summed E-state index contributed by atoms with van der Waals surface area (Å²) in [5, 5.41) is 3.59. The quantitative estimate of drug-likeness (QED) is 0.534. The Balaban J connectivity index is 2.04. The second kappa shape index (κ2) is 8.68. The van der Waals surface area contributed by atoms with Gasteiger partial charge in [-0.25, -0.2) is 0 Å². The molecule has 1 N–H and O–H groups in total. The summed E-state index contributed by atoms with van der Waals surface area (Å²) in [6, 6.07) is 14.3. The molecule has 122 valence electrons. The lowest BCUT2D eigenvalue weighted by Gasteiger charge is -2.15. The molecule has 0 aliphatic heterocycles. The molecule has 0 aromatic heterocycles. The average Bonchev–Trinajstić information content (AvgIpc) is 2.54. The maximum atomic E-state index is 5.90. The van der Waals surface area contributed by atoms with E-state index in [1.165, 1.54) is 36.0 Å². The van der Waals surface area contributed by atoms with Gasteiger partial charge in [-0.3, -0.25) is 0 Å². The van der Waals surface area contributed by atoms with Crippen LogP contribution in [-0.2, 0) is 6.42 Å². The van der Waals surface area contributed by atoms with E-state index in [4.69, 9.17) is 17.0 Å². The molecule has 0 heterocycles. The van der Waals surface area contributed by atoms with Crippen LogP contribution in [0.25, 0.3) is 0 Å². The van der Waals surface area contributed by atoms with Gasteiger partial charge >= 0.3 is 0 Å². The van der Waals surface area contributed by atoms with Crippen LogP contribution in [0.1, 0.15) is 42.9 Å². The lowest BCUT2D eigenvalue weighted by molar-refractivity contribution is 0.550. The van der Waals surface area contributed by atoms with Gasteiger partial charge in [0.15, 0.2) is 0 Å². The molecule has 2 aromatic carbocycles. The molecule has 0 saturated heterocycles. The van der Waals surface area contributed by atoms with Crippen molar-refractivity contribution in [3.63, 3.8) is 0 Å². The number of benzene rings is 2. The van der Waals surface area contributed by atoms with Crippen molar-refractivity contribution in [3.8, 4) is 5.75 Å². The molecular formula is C20H25NOS. The Bertz CT molecular complexity index is 666. The number of hydrogen-bond donors (Lipinski definition) is 1. The minimum atomic E-state index is 0.390. The van der Waals surface area contributed by atoms with Gasteiger partial charge in [0.25, 0.3) is 5.17 Å². The first-order valence-electron chi connectivity index (χ1n) is 8.24. The van der Waals surface area contributed by atoms with E-state index in [9.17, 15) is 0 Å². The number of para-hydroxylation sites is 1. The molecule has 0 unspecified atom stereocenters. The Morgan fingerprint density at radius 3 is 2.61 bits per heavy atom. The topological polar surface area (TPSA) is 21.3 Å². The van der Waals surface area contributed by atoms with Gasteiger partial charge in [0.2, 0.25) is 0 Å². The molecule has 0 atom stereocenters. The average molecular weight is 327 g/mol. The van der Waals surface area contributed by atoms with E-state index in [1.54, 1.807) is 0 Å². The van der Waals surface area contributed by atoms with Crippen LogP contribution < -0.4 is 10.1 Å². The first kappa shape index (κ1) is 17.5. The fourth-order valence-electron chi connectivity index (χ4n) is 2.50. The van der Waals surface area contributed by atoms with Crippen molar-refractivity contribution in [2.24, 2.45) is 0 Å². The summed E-state index contributed by atoms with van der Waals surface area (Å²) in [5.74, 6) is 0.853. The minimum absolute atomic E-state index is 0.390. The van der Waals surface area contributed by atoms with Gasteiger partial charge < -0.3 is 10.1 Å². The fourth-order valence-corrected chi connectivity index (χ4v) is 2.70. The first-order chi connectivity index (χ1) is 11.1. The second-order valence-corrected chi connectivity index (χ2v) is 6.20. The van der Waals surface area contributed by atoms with Gasteiger partial charge in [0, 0.05) is 5.69 Å². The normalized spacial score (nSPS) is 10.4. The number of aryl methyl sites for hydroxylation is 2. The predicted octanol–water partition coefficient (Wildman–Crippen LogP) is 5.81. The number of rotatable bonds is 6. The molecule has 3 heteroatoms. The molecule has 0 spiro atoms. The standard InChI is InChI=1S/C20H25NOS/c1-4-5-6-11-17-12-7-8-14-19(17)22-20(23)21-18-13-9-10-15(2)16(18)3/h7-10,12-14H,4-6,11H2,1-3H3,(H,21,23). The van der Waals surface area contributed by atoms with Gasteiger partial charge in [-0.05, 0) is 67.7 Å². The van der Waals surface area contributed by atoms with Crippen molar-refractivity contribution >= 4 is 23.1 Å². The lowest BCUT2D eigenvalue weighted by Crippen LogP contribution is -2.18. The van der Waals surface area contributed by atoms with Crippen LogP contribution in [0.2, 0.25) is 0 Å². The van der Waals surface area contributed by atoms with Gasteiger partial charge in [-0.1, -0.05) is 50.1 Å². The van der Waals surface area contributed by atoms with E-state index < -0.39 is 0 Å². The number of thiocarbonyl (C=S) groups is 1.